The van der Waals surface area contributed by atoms with Crippen LogP contribution in [0.3, 0.4) is 0 Å². The van der Waals surface area contributed by atoms with E-state index in [9.17, 15) is 18.0 Å². The van der Waals surface area contributed by atoms with Gasteiger partial charge in [0, 0.05) is 18.7 Å². The Morgan fingerprint density at radius 2 is 1.56 bits per heavy atom. The van der Waals surface area contributed by atoms with Gasteiger partial charge in [0.15, 0.2) is 6.10 Å². The van der Waals surface area contributed by atoms with E-state index in [2.05, 4.69) is 0 Å². The fourth-order valence-electron chi connectivity index (χ4n) is 2.62. The smallest absolute Gasteiger partial charge is 0.338 e. The van der Waals surface area contributed by atoms with Crippen molar-refractivity contribution in [3.05, 3.63) is 65.7 Å². The standard InChI is InChI=1S/C20H23NO5S/c1-4-21(5-2)27(24,25)18-13-9-12-17(14-18)20(23)26-15(3)19(22)16-10-7-6-8-11-16/h6-15H,4-5H2,1-3H3. The van der Waals surface area contributed by atoms with Gasteiger partial charge in [0.2, 0.25) is 15.8 Å². The van der Waals surface area contributed by atoms with Crippen LogP contribution in [0.1, 0.15) is 41.5 Å². The normalized spacial score (nSPS) is 12.6. The molecule has 7 heteroatoms. The Kier molecular flexibility index (Phi) is 6.87. The molecule has 2 rings (SSSR count). The van der Waals surface area contributed by atoms with Crippen molar-refractivity contribution in [2.75, 3.05) is 13.1 Å². The SMILES string of the molecule is CCN(CC)S(=O)(=O)c1cccc(C(=O)OC(C)C(=O)c2ccccc2)c1. The molecule has 0 spiro atoms. The van der Waals surface area contributed by atoms with E-state index in [1.165, 1.54) is 35.5 Å². The molecule has 0 saturated carbocycles. The minimum absolute atomic E-state index is 0.0164. The van der Waals surface area contributed by atoms with E-state index in [-0.39, 0.29) is 16.2 Å². The third-order valence-electron chi connectivity index (χ3n) is 4.12. The Morgan fingerprint density at radius 1 is 0.963 bits per heavy atom. The molecule has 0 saturated heterocycles. The van der Waals surface area contributed by atoms with Gasteiger partial charge in [0.1, 0.15) is 0 Å². The number of rotatable bonds is 8. The molecule has 0 fully saturated rings. The number of sulfonamides is 1. The van der Waals surface area contributed by atoms with Gasteiger partial charge in [-0.05, 0) is 25.1 Å². The topological polar surface area (TPSA) is 80.8 Å². The van der Waals surface area contributed by atoms with Crippen LogP contribution >= 0.6 is 0 Å². The number of hydrogen-bond donors (Lipinski definition) is 0. The molecule has 0 radical (unpaired) electrons. The van der Waals surface area contributed by atoms with Gasteiger partial charge in [-0.3, -0.25) is 4.79 Å². The number of ketones is 1. The summed E-state index contributed by atoms with van der Waals surface area (Å²) >= 11 is 0. The highest BCUT2D eigenvalue weighted by atomic mass is 32.2. The first-order valence-corrected chi connectivity index (χ1v) is 10.2. The van der Waals surface area contributed by atoms with E-state index in [0.29, 0.717) is 18.7 Å². The van der Waals surface area contributed by atoms with Gasteiger partial charge in [0.05, 0.1) is 10.5 Å². The lowest BCUT2D eigenvalue weighted by atomic mass is 10.1. The van der Waals surface area contributed by atoms with Crippen LogP contribution in [0, 0.1) is 0 Å². The fraction of sp³-hybridized carbons (Fsp3) is 0.300. The van der Waals surface area contributed by atoms with Gasteiger partial charge in [-0.25, -0.2) is 13.2 Å². The van der Waals surface area contributed by atoms with Crippen molar-refractivity contribution in [2.24, 2.45) is 0 Å². The minimum Gasteiger partial charge on any atom is -0.451 e. The maximum atomic E-state index is 12.6. The molecule has 0 N–H and O–H groups in total. The molecule has 1 atom stereocenters. The molecule has 0 heterocycles. The van der Waals surface area contributed by atoms with Crippen LogP contribution in [-0.4, -0.2) is 43.7 Å². The lowest BCUT2D eigenvalue weighted by Gasteiger charge is -2.19. The Balaban J connectivity index is 2.19. The van der Waals surface area contributed by atoms with E-state index in [1.807, 2.05) is 0 Å². The van der Waals surface area contributed by atoms with Crippen molar-refractivity contribution in [1.82, 2.24) is 4.31 Å². The first-order valence-electron chi connectivity index (χ1n) is 8.71. The van der Waals surface area contributed by atoms with Crippen LogP contribution in [0.5, 0.6) is 0 Å². The van der Waals surface area contributed by atoms with Crippen LogP contribution in [0.2, 0.25) is 0 Å². The van der Waals surface area contributed by atoms with E-state index in [1.54, 1.807) is 44.2 Å². The molecule has 0 aliphatic heterocycles. The summed E-state index contributed by atoms with van der Waals surface area (Å²) in [5.74, 6) is -1.07. The Bertz CT molecular complexity index is 905. The third kappa shape index (κ3) is 4.81. The molecule has 2 aromatic carbocycles. The number of carbonyl (C=O) groups is 2. The van der Waals surface area contributed by atoms with Crippen molar-refractivity contribution in [3.8, 4) is 0 Å². The van der Waals surface area contributed by atoms with Crippen molar-refractivity contribution < 1.29 is 22.7 Å². The predicted molar refractivity (Wildman–Crippen MR) is 102 cm³/mol. The summed E-state index contributed by atoms with van der Waals surface area (Å²) in [5, 5.41) is 0. The number of nitrogens with zero attached hydrogens (tertiary/aromatic N) is 1. The Morgan fingerprint density at radius 3 is 2.15 bits per heavy atom. The number of esters is 1. The molecule has 27 heavy (non-hydrogen) atoms. The highest BCUT2D eigenvalue weighted by Gasteiger charge is 2.24. The van der Waals surface area contributed by atoms with Crippen LogP contribution in [-0.2, 0) is 14.8 Å². The van der Waals surface area contributed by atoms with Crippen LogP contribution < -0.4 is 0 Å². The number of carbonyl (C=O) groups excluding carboxylic acids is 2. The second-order valence-electron chi connectivity index (χ2n) is 5.89. The molecule has 144 valence electrons. The molecule has 2 aromatic rings. The Hall–Kier alpha value is -2.51. The molecule has 0 aliphatic rings. The third-order valence-corrected chi connectivity index (χ3v) is 6.17. The number of benzene rings is 2. The summed E-state index contributed by atoms with van der Waals surface area (Å²) in [6, 6.07) is 14.2. The van der Waals surface area contributed by atoms with Crippen LogP contribution in [0.25, 0.3) is 0 Å². The molecule has 1 unspecified atom stereocenters. The minimum atomic E-state index is -3.69. The lowest BCUT2D eigenvalue weighted by Crippen LogP contribution is -2.30. The van der Waals surface area contributed by atoms with Crippen LogP contribution in [0.15, 0.2) is 59.5 Å². The maximum Gasteiger partial charge on any atom is 0.338 e. The molecule has 0 amide bonds. The summed E-state index contributed by atoms with van der Waals surface area (Å²) in [6.45, 7) is 5.64. The first kappa shape index (κ1) is 20.8. The van der Waals surface area contributed by atoms with E-state index >= 15 is 0 Å². The van der Waals surface area contributed by atoms with Gasteiger partial charge in [-0.1, -0.05) is 50.2 Å². The quantitative estimate of drug-likeness (QED) is 0.512. The molecule has 0 aromatic heterocycles. The average Bonchev–Trinajstić information content (AvgIpc) is 2.68. The number of Topliss-reactive ketones (excluding diaryl/α,β-unsaturated/α-hetero) is 1. The van der Waals surface area contributed by atoms with E-state index < -0.39 is 22.1 Å². The van der Waals surface area contributed by atoms with Crippen LogP contribution in [0.4, 0.5) is 0 Å². The summed E-state index contributed by atoms with van der Waals surface area (Å²) in [4.78, 5) is 24.7. The van der Waals surface area contributed by atoms with Gasteiger partial charge in [-0.15, -0.1) is 0 Å². The molecule has 0 bridgehead atoms. The fourth-order valence-corrected chi connectivity index (χ4v) is 4.12. The van der Waals surface area contributed by atoms with Crippen molar-refractivity contribution in [3.63, 3.8) is 0 Å². The van der Waals surface area contributed by atoms with Gasteiger partial charge >= 0.3 is 5.97 Å². The van der Waals surface area contributed by atoms with Crippen molar-refractivity contribution in [2.45, 2.75) is 31.8 Å². The first-order chi connectivity index (χ1) is 12.8. The summed E-state index contributed by atoms with van der Waals surface area (Å²) in [6.07, 6.45) is -0.983. The highest BCUT2D eigenvalue weighted by molar-refractivity contribution is 7.89. The van der Waals surface area contributed by atoms with Gasteiger partial charge in [-0.2, -0.15) is 4.31 Å². The zero-order valence-electron chi connectivity index (χ0n) is 15.6. The maximum absolute atomic E-state index is 12.6. The molecule has 6 nitrogen and oxygen atoms in total. The number of ether oxygens (including phenoxy) is 1. The van der Waals surface area contributed by atoms with Crippen molar-refractivity contribution in [1.29, 1.82) is 0 Å². The van der Waals surface area contributed by atoms with E-state index in [0.717, 1.165) is 0 Å². The monoisotopic (exact) mass is 389 g/mol. The van der Waals surface area contributed by atoms with Gasteiger partial charge in [0.25, 0.3) is 0 Å². The predicted octanol–water partition coefficient (Wildman–Crippen LogP) is 3.15. The summed E-state index contributed by atoms with van der Waals surface area (Å²) < 4.78 is 31.7. The van der Waals surface area contributed by atoms with Crippen molar-refractivity contribution >= 4 is 21.8 Å². The zero-order valence-corrected chi connectivity index (χ0v) is 16.4. The zero-order chi connectivity index (χ0) is 20.0. The average molecular weight is 389 g/mol. The summed E-state index contributed by atoms with van der Waals surface area (Å²) in [5.41, 5.74) is 0.520. The molecule has 0 aliphatic carbocycles. The largest absolute Gasteiger partial charge is 0.451 e. The summed E-state index contributed by atoms with van der Waals surface area (Å²) in [7, 11) is -3.69. The number of hydrogen-bond acceptors (Lipinski definition) is 5. The second kappa shape index (κ2) is 8.92. The molecular formula is C20H23NO5S. The van der Waals surface area contributed by atoms with Gasteiger partial charge < -0.3 is 4.74 Å². The molecular weight excluding hydrogens is 366 g/mol. The Labute approximate surface area is 159 Å². The highest BCUT2D eigenvalue weighted by Crippen LogP contribution is 2.18. The lowest BCUT2D eigenvalue weighted by molar-refractivity contribution is 0.0318. The van der Waals surface area contributed by atoms with E-state index in [4.69, 9.17) is 4.74 Å². The second-order valence-corrected chi connectivity index (χ2v) is 7.83.